The third-order valence-corrected chi connectivity index (χ3v) is 3.53. The lowest BCUT2D eigenvalue weighted by molar-refractivity contribution is -0.151. The van der Waals surface area contributed by atoms with E-state index in [0.29, 0.717) is 0 Å². The highest BCUT2D eigenvalue weighted by Crippen LogP contribution is 2.28. The van der Waals surface area contributed by atoms with Crippen molar-refractivity contribution in [2.24, 2.45) is 5.41 Å². The van der Waals surface area contributed by atoms with Gasteiger partial charge >= 0.3 is 5.97 Å². The first-order chi connectivity index (χ1) is 10.1. The molecule has 0 aliphatic carbocycles. The van der Waals surface area contributed by atoms with Gasteiger partial charge in [-0.25, -0.2) is 0 Å². The van der Waals surface area contributed by atoms with Crippen LogP contribution in [0.2, 0.25) is 0 Å². The minimum Gasteiger partial charge on any atom is -0.465 e. The van der Waals surface area contributed by atoms with Crippen molar-refractivity contribution in [1.29, 1.82) is 5.26 Å². The normalized spacial score (nSPS) is 13.6. The number of hydrogen-bond donors (Lipinski definition) is 0. The molecule has 21 heavy (non-hydrogen) atoms. The maximum absolute atomic E-state index is 12.0. The summed E-state index contributed by atoms with van der Waals surface area (Å²) in [6.45, 7) is 6.35. The van der Waals surface area contributed by atoms with Crippen LogP contribution in [0.15, 0.2) is 24.3 Å². The maximum Gasteiger partial charge on any atom is 0.326 e. The van der Waals surface area contributed by atoms with E-state index in [9.17, 15) is 10.1 Å². The van der Waals surface area contributed by atoms with Crippen LogP contribution >= 0.6 is 0 Å². The third kappa shape index (κ3) is 2.75. The van der Waals surface area contributed by atoms with Gasteiger partial charge in [-0.2, -0.15) is 10.4 Å². The van der Waals surface area contributed by atoms with Gasteiger partial charge in [-0.1, -0.05) is 18.2 Å². The Morgan fingerprint density at radius 1 is 1.43 bits per heavy atom. The monoisotopic (exact) mass is 285 g/mol. The van der Waals surface area contributed by atoms with Gasteiger partial charge in [0.05, 0.1) is 23.9 Å². The van der Waals surface area contributed by atoms with Crippen molar-refractivity contribution in [3.63, 3.8) is 0 Å². The number of carbonyl (C=O) groups excluding carboxylic acids is 1. The number of aryl methyl sites for hydroxylation is 1. The van der Waals surface area contributed by atoms with Crippen LogP contribution in [0.5, 0.6) is 0 Å². The average Bonchev–Trinajstić information content (AvgIpc) is 2.85. The summed E-state index contributed by atoms with van der Waals surface area (Å²) in [6, 6.07) is 9.92. The van der Waals surface area contributed by atoms with Gasteiger partial charge in [0, 0.05) is 18.4 Å². The minimum absolute atomic E-state index is 0.246. The number of nitriles is 1. The van der Waals surface area contributed by atoms with Crippen molar-refractivity contribution in [2.75, 3.05) is 6.61 Å². The smallest absolute Gasteiger partial charge is 0.326 e. The zero-order valence-electron chi connectivity index (χ0n) is 12.6. The molecular formula is C16H19N3O2. The summed E-state index contributed by atoms with van der Waals surface area (Å²) >= 11 is 0. The molecule has 0 fully saturated rings. The molecule has 1 atom stereocenters. The zero-order chi connectivity index (χ0) is 15.5. The van der Waals surface area contributed by atoms with Gasteiger partial charge in [0.15, 0.2) is 5.41 Å². The summed E-state index contributed by atoms with van der Waals surface area (Å²) in [7, 11) is 0. The van der Waals surface area contributed by atoms with E-state index in [0.717, 1.165) is 23.1 Å². The number of carbonyl (C=O) groups is 1. The first kappa shape index (κ1) is 15.0. The molecule has 0 saturated heterocycles. The first-order valence-corrected chi connectivity index (χ1v) is 7.08. The molecular weight excluding hydrogens is 266 g/mol. The second-order valence-corrected chi connectivity index (χ2v) is 5.12. The molecule has 0 bridgehead atoms. The Morgan fingerprint density at radius 2 is 2.14 bits per heavy atom. The van der Waals surface area contributed by atoms with E-state index in [1.807, 2.05) is 35.9 Å². The first-order valence-electron chi connectivity index (χ1n) is 7.08. The van der Waals surface area contributed by atoms with E-state index in [2.05, 4.69) is 11.2 Å². The summed E-state index contributed by atoms with van der Waals surface area (Å²) in [5, 5.41) is 14.9. The number of fused-ring (bicyclic) bond motifs is 1. The van der Waals surface area contributed by atoms with Crippen LogP contribution in [0.1, 0.15) is 26.5 Å². The summed E-state index contributed by atoms with van der Waals surface area (Å²) in [4.78, 5) is 12.0. The number of aromatic nitrogens is 2. The van der Waals surface area contributed by atoms with Crippen molar-refractivity contribution in [2.45, 2.75) is 33.7 Å². The van der Waals surface area contributed by atoms with Crippen LogP contribution in [0.25, 0.3) is 10.9 Å². The number of benzene rings is 1. The third-order valence-electron chi connectivity index (χ3n) is 3.53. The number of rotatable bonds is 5. The summed E-state index contributed by atoms with van der Waals surface area (Å²) < 4.78 is 6.90. The molecule has 110 valence electrons. The molecule has 1 aromatic carbocycles. The van der Waals surface area contributed by atoms with Crippen LogP contribution in [0, 0.1) is 16.7 Å². The molecule has 5 nitrogen and oxygen atoms in total. The van der Waals surface area contributed by atoms with Crippen LogP contribution in [-0.2, 0) is 22.5 Å². The van der Waals surface area contributed by atoms with Crippen molar-refractivity contribution in [3.05, 3.63) is 30.0 Å². The van der Waals surface area contributed by atoms with E-state index < -0.39 is 11.4 Å². The second kappa shape index (κ2) is 5.96. The Morgan fingerprint density at radius 3 is 2.76 bits per heavy atom. The van der Waals surface area contributed by atoms with Crippen LogP contribution in [0.3, 0.4) is 0 Å². The Bertz CT molecular complexity index is 699. The quantitative estimate of drug-likeness (QED) is 0.792. The molecule has 0 aliphatic rings. The Balaban J connectivity index is 2.43. The van der Waals surface area contributed by atoms with Gasteiger partial charge in [0.1, 0.15) is 0 Å². The molecule has 2 rings (SSSR count). The van der Waals surface area contributed by atoms with Crippen LogP contribution < -0.4 is 0 Å². The lowest BCUT2D eigenvalue weighted by atomic mass is 9.86. The largest absolute Gasteiger partial charge is 0.465 e. The van der Waals surface area contributed by atoms with Gasteiger partial charge in [-0.15, -0.1) is 0 Å². The van der Waals surface area contributed by atoms with E-state index >= 15 is 0 Å². The molecule has 0 saturated carbocycles. The fourth-order valence-electron chi connectivity index (χ4n) is 2.35. The molecule has 5 heteroatoms. The molecule has 0 aliphatic heterocycles. The molecule has 0 N–H and O–H groups in total. The number of nitrogens with zero attached hydrogens (tertiary/aromatic N) is 3. The summed E-state index contributed by atoms with van der Waals surface area (Å²) in [5.74, 6) is -0.498. The fourth-order valence-corrected chi connectivity index (χ4v) is 2.35. The van der Waals surface area contributed by atoms with E-state index in [4.69, 9.17) is 4.74 Å². The van der Waals surface area contributed by atoms with E-state index in [-0.39, 0.29) is 13.0 Å². The lowest BCUT2D eigenvalue weighted by Gasteiger charge is -2.18. The summed E-state index contributed by atoms with van der Waals surface area (Å²) in [5.41, 5.74) is 0.551. The highest BCUT2D eigenvalue weighted by Gasteiger charge is 2.36. The average molecular weight is 285 g/mol. The Hall–Kier alpha value is -2.35. The number of esters is 1. The van der Waals surface area contributed by atoms with E-state index in [1.165, 1.54) is 0 Å². The minimum atomic E-state index is -1.22. The van der Waals surface area contributed by atoms with Crippen LogP contribution in [0.4, 0.5) is 0 Å². The molecule has 1 aromatic heterocycles. The predicted octanol–water partition coefficient (Wildman–Crippen LogP) is 2.69. The zero-order valence-corrected chi connectivity index (χ0v) is 12.6. The number of ether oxygens (including phenoxy) is 1. The van der Waals surface area contributed by atoms with Crippen LogP contribution in [-0.4, -0.2) is 22.4 Å². The van der Waals surface area contributed by atoms with Crippen molar-refractivity contribution in [3.8, 4) is 6.07 Å². The lowest BCUT2D eigenvalue weighted by Crippen LogP contribution is -2.31. The molecule has 0 radical (unpaired) electrons. The highest BCUT2D eigenvalue weighted by atomic mass is 16.5. The van der Waals surface area contributed by atoms with Gasteiger partial charge in [0.25, 0.3) is 0 Å². The molecule has 2 aromatic rings. The molecule has 0 spiro atoms. The van der Waals surface area contributed by atoms with E-state index in [1.54, 1.807) is 13.8 Å². The van der Waals surface area contributed by atoms with Crippen molar-refractivity contribution >= 4 is 16.9 Å². The standard InChI is InChI=1S/C16H19N3O2/c1-4-19-14-9-7-6-8-12(14)13(18-19)10-16(3,11-17)15(20)21-5-2/h6-9H,4-5,10H2,1-3H3. The predicted molar refractivity (Wildman–Crippen MR) is 79.5 cm³/mol. The van der Waals surface area contributed by atoms with Crippen molar-refractivity contribution < 1.29 is 9.53 Å². The molecule has 0 amide bonds. The SMILES string of the molecule is CCOC(=O)C(C)(C#N)Cc1nn(CC)c2ccccc12. The number of hydrogen-bond acceptors (Lipinski definition) is 4. The van der Waals surface area contributed by atoms with Gasteiger partial charge in [0.2, 0.25) is 0 Å². The van der Waals surface area contributed by atoms with Gasteiger partial charge in [-0.3, -0.25) is 9.48 Å². The van der Waals surface area contributed by atoms with Gasteiger partial charge < -0.3 is 4.74 Å². The van der Waals surface area contributed by atoms with Gasteiger partial charge in [-0.05, 0) is 26.8 Å². The maximum atomic E-state index is 12.0. The Kier molecular flexibility index (Phi) is 4.27. The molecule has 1 heterocycles. The fraction of sp³-hybridized carbons (Fsp3) is 0.438. The van der Waals surface area contributed by atoms with Crippen molar-refractivity contribution in [1.82, 2.24) is 9.78 Å². The topological polar surface area (TPSA) is 67.9 Å². The highest BCUT2D eigenvalue weighted by molar-refractivity contribution is 5.84. The number of para-hydroxylation sites is 1. The second-order valence-electron chi connectivity index (χ2n) is 5.12. The Labute approximate surface area is 124 Å². The molecule has 1 unspecified atom stereocenters. The summed E-state index contributed by atoms with van der Waals surface area (Å²) in [6.07, 6.45) is 0.246.